The number of rotatable bonds is 4. The summed E-state index contributed by atoms with van der Waals surface area (Å²) < 4.78 is 29.0. The molecule has 0 spiro atoms. The van der Waals surface area contributed by atoms with Crippen LogP contribution in [-0.4, -0.2) is 24.1 Å². The molecule has 0 amide bonds. The molecule has 2 aliphatic carbocycles. The van der Waals surface area contributed by atoms with E-state index in [4.69, 9.17) is 5.73 Å². The van der Waals surface area contributed by atoms with E-state index >= 15 is 0 Å². The molecule has 0 saturated heterocycles. The highest BCUT2D eigenvalue weighted by Crippen LogP contribution is 2.64. The van der Waals surface area contributed by atoms with Gasteiger partial charge in [0, 0.05) is 6.04 Å². The molecule has 112 valence electrons. The molecule has 7 heteroatoms. The van der Waals surface area contributed by atoms with Crippen molar-refractivity contribution in [3.05, 3.63) is 0 Å². The fraction of sp³-hybridized carbons (Fsp3) is 0.769. The van der Waals surface area contributed by atoms with Crippen LogP contribution in [0.15, 0.2) is 4.90 Å². The zero-order chi connectivity index (χ0) is 14.9. The molecule has 2 fully saturated rings. The van der Waals surface area contributed by atoms with Gasteiger partial charge in [-0.2, -0.15) is 4.37 Å². The van der Waals surface area contributed by atoms with E-state index in [-0.39, 0.29) is 32.8 Å². The summed E-state index contributed by atoms with van der Waals surface area (Å²) in [6, 6.07) is 0.239. The Morgan fingerprint density at radius 2 is 1.80 bits per heavy atom. The van der Waals surface area contributed by atoms with Gasteiger partial charge in [0.15, 0.2) is 15.7 Å². The van der Waals surface area contributed by atoms with Gasteiger partial charge in [0.05, 0.1) is 5.25 Å². The summed E-state index contributed by atoms with van der Waals surface area (Å²) in [6.07, 6.45) is 1.47. The third-order valence-electron chi connectivity index (χ3n) is 5.22. The molecule has 0 bridgehead atoms. The second kappa shape index (κ2) is 3.88. The molecule has 5 nitrogen and oxygen atoms in total. The Balaban J connectivity index is 1.93. The standard InChI is InChI=1S/C13H21N3O2S2/c1-12(2)11(13(12,3)4)15-10-8(9(14)16-19-10)20(17,18)7-5-6-7/h7,11,15H,5-6H2,1-4H3,(H2,14,16). The maximum absolute atomic E-state index is 12.5. The van der Waals surface area contributed by atoms with E-state index in [9.17, 15) is 8.42 Å². The topological polar surface area (TPSA) is 85.1 Å². The van der Waals surface area contributed by atoms with Gasteiger partial charge in [0.1, 0.15) is 9.90 Å². The van der Waals surface area contributed by atoms with Crippen LogP contribution in [0.25, 0.3) is 0 Å². The van der Waals surface area contributed by atoms with E-state index in [1.807, 2.05) is 0 Å². The van der Waals surface area contributed by atoms with Gasteiger partial charge in [-0.1, -0.05) is 27.7 Å². The molecule has 0 atom stereocenters. The second-order valence-electron chi connectivity index (χ2n) is 6.99. The van der Waals surface area contributed by atoms with Gasteiger partial charge in [-0.25, -0.2) is 8.42 Å². The Labute approximate surface area is 124 Å². The molecule has 1 aromatic rings. The van der Waals surface area contributed by atoms with Crippen LogP contribution in [0, 0.1) is 10.8 Å². The number of hydrogen-bond acceptors (Lipinski definition) is 6. The lowest BCUT2D eigenvalue weighted by molar-refractivity contribution is 0.457. The summed E-state index contributed by atoms with van der Waals surface area (Å²) in [4.78, 5) is 0.225. The first-order valence-corrected chi connectivity index (χ1v) is 9.17. The van der Waals surface area contributed by atoms with E-state index in [0.29, 0.717) is 5.00 Å². The number of nitrogens with two attached hydrogens (primary N) is 1. The fourth-order valence-electron chi connectivity index (χ4n) is 2.89. The van der Waals surface area contributed by atoms with Crippen molar-refractivity contribution in [2.45, 2.75) is 56.7 Å². The van der Waals surface area contributed by atoms with Crippen LogP contribution in [0.5, 0.6) is 0 Å². The molecule has 0 aromatic carbocycles. The summed E-state index contributed by atoms with van der Waals surface area (Å²) in [5.41, 5.74) is 6.07. The third kappa shape index (κ3) is 1.79. The molecule has 2 saturated carbocycles. The Kier molecular flexibility index (Phi) is 2.74. The van der Waals surface area contributed by atoms with Crippen LogP contribution >= 0.6 is 11.5 Å². The van der Waals surface area contributed by atoms with Gasteiger partial charge in [-0.15, -0.1) is 0 Å². The minimum absolute atomic E-state index is 0.131. The quantitative estimate of drug-likeness (QED) is 0.891. The maximum atomic E-state index is 12.5. The highest BCUT2D eigenvalue weighted by Gasteiger charge is 2.65. The van der Waals surface area contributed by atoms with Crippen molar-refractivity contribution in [2.75, 3.05) is 11.1 Å². The Hall–Kier alpha value is -0.820. The molecular weight excluding hydrogens is 294 g/mol. The van der Waals surface area contributed by atoms with Gasteiger partial charge < -0.3 is 11.1 Å². The van der Waals surface area contributed by atoms with Crippen molar-refractivity contribution < 1.29 is 8.42 Å². The van der Waals surface area contributed by atoms with Gasteiger partial charge in [0.2, 0.25) is 0 Å². The van der Waals surface area contributed by atoms with Crippen LogP contribution in [0.1, 0.15) is 40.5 Å². The number of hydrogen-bond donors (Lipinski definition) is 2. The van der Waals surface area contributed by atoms with Gasteiger partial charge in [-0.3, -0.25) is 0 Å². The molecule has 0 aliphatic heterocycles. The lowest BCUT2D eigenvalue weighted by atomic mass is 10.0. The maximum Gasteiger partial charge on any atom is 0.187 e. The van der Waals surface area contributed by atoms with Crippen LogP contribution in [0.4, 0.5) is 10.8 Å². The molecule has 1 heterocycles. The summed E-state index contributed by atoms with van der Waals surface area (Å²) in [7, 11) is -3.32. The van der Waals surface area contributed by atoms with Gasteiger partial charge in [-0.05, 0) is 35.2 Å². The molecule has 20 heavy (non-hydrogen) atoms. The number of sulfone groups is 1. The first-order valence-electron chi connectivity index (χ1n) is 6.85. The van der Waals surface area contributed by atoms with Crippen molar-refractivity contribution >= 4 is 32.2 Å². The monoisotopic (exact) mass is 315 g/mol. The largest absolute Gasteiger partial charge is 0.382 e. The van der Waals surface area contributed by atoms with Crippen LogP contribution in [0.3, 0.4) is 0 Å². The lowest BCUT2D eigenvalue weighted by Gasteiger charge is -2.09. The minimum atomic E-state index is -3.32. The number of anilines is 2. The predicted octanol–water partition coefficient (Wildman–Crippen LogP) is 2.51. The van der Waals surface area contributed by atoms with E-state index in [2.05, 4.69) is 37.4 Å². The number of nitrogens with zero attached hydrogens (tertiary/aromatic N) is 1. The first kappa shape index (κ1) is 14.1. The Morgan fingerprint density at radius 3 is 2.25 bits per heavy atom. The molecule has 1 aromatic heterocycles. The molecule has 3 rings (SSSR count). The Morgan fingerprint density at radius 1 is 1.25 bits per heavy atom. The summed E-state index contributed by atoms with van der Waals surface area (Å²) >= 11 is 1.15. The van der Waals surface area contributed by atoms with Crippen molar-refractivity contribution in [1.82, 2.24) is 4.37 Å². The average molecular weight is 315 g/mol. The van der Waals surface area contributed by atoms with Crippen molar-refractivity contribution in [3.63, 3.8) is 0 Å². The van der Waals surface area contributed by atoms with E-state index in [0.717, 1.165) is 24.4 Å². The predicted molar refractivity (Wildman–Crippen MR) is 81.7 cm³/mol. The third-order valence-corrected chi connectivity index (χ3v) is 8.47. The van der Waals surface area contributed by atoms with Crippen LogP contribution < -0.4 is 11.1 Å². The molecule has 0 radical (unpaired) electrons. The van der Waals surface area contributed by atoms with Crippen LogP contribution in [0.2, 0.25) is 0 Å². The zero-order valence-corrected chi connectivity index (χ0v) is 13.9. The highest BCUT2D eigenvalue weighted by molar-refractivity contribution is 7.92. The van der Waals surface area contributed by atoms with E-state index < -0.39 is 9.84 Å². The van der Waals surface area contributed by atoms with Crippen molar-refractivity contribution in [2.24, 2.45) is 10.8 Å². The first-order chi connectivity index (χ1) is 9.10. The smallest absolute Gasteiger partial charge is 0.187 e. The molecule has 2 aliphatic rings. The summed E-state index contributed by atoms with van der Waals surface area (Å²) in [5.74, 6) is 0.140. The van der Waals surface area contributed by atoms with Crippen molar-refractivity contribution in [3.8, 4) is 0 Å². The van der Waals surface area contributed by atoms with E-state index in [1.54, 1.807) is 0 Å². The van der Waals surface area contributed by atoms with Gasteiger partial charge >= 0.3 is 0 Å². The molecule has 3 N–H and O–H groups in total. The summed E-state index contributed by atoms with van der Waals surface area (Å²) in [5, 5.41) is 3.72. The number of nitrogen functional groups attached to an aromatic ring is 1. The normalized spacial score (nSPS) is 24.6. The zero-order valence-electron chi connectivity index (χ0n) is 12.2. The fourth-order valence-corrected chi connectivity index (χ4v) is 5.80. The minimum Gasteiger partial charge on any atom is -0.382 e. The average Bonchev–Trinajstić information content (AvgIpc) is 3.17. The summed E-state index contributed by atoms with van der Waals surface area (Å²) in [6.45, 7) is 8.74. The van der Waals surface area contributed by atoms with E-state index in [1.165, 1.54) is 0 Å². The highest BCUT2D eigenvalue weighted by atomic mass is 32.2. The van der Waals surface area contributed by atoms with Crippen molar-refractivity contribution in [1.29, 1.82) is 0 Å². The van der Waals surface area contributed by atoms with Crippen LogP contribution in [-0.2, 0) is 9.84 Å². The Bertz CT molecular complexity index is 643. The van der Waals surface area contributed by atoms with Gasteiger partial charge in [0.25, 0.3) is 0 Å². The number of aromatic nitrogens is 1. The number of nitrogens with one attached hydrogen (secondary N) is 1. The molecule has 0 unspecified atom stereocenters. The SMILES string of the molecule is CC1(C)C(Nc2snc(N)c2S(=O)(=O)C2CC2)C1(C)C. The lowest BCUT2D eigenvalue weighted by Crippen LogP contribution is -2.15. The second-order valence-corrected chi connectivity index (χ2v) is 9.93. The molecular formula is C13H21N3O2S2.